The summed E-state index contributed by atoms with van der Waals surface area (Å²) in [6, 6.07) is 12.1. The van der Waals surface area contributed by atoms with Crippen molar-refractivity contribution < 1.29 is 13.7 Å². The molecule has 1 aliphatic heterocycles. The van der Waals surface area contributed by atoms with Crippen molar-refractivity contribution in [3.63, 3.8) is 0 Å². The third-order valence-electron chi connectivity index (χ3n) is 5.17. The second kappa shape index (κ2) is 5.58. The van der Waals surface area contributed by atoms with Crippen molar-refractivity contribution >= 4 is 5.91 Å². The molecular formula is C19H17N3O3. The number of furan rings is 1. The van der Waals surface area contributed by atoms with Crippen LogP contribution in [0.3, 0.4) is 0 Å². The highest BCUT2D eigenvalue weighted by Gasteiger charge is 2.40. The molecule has 2 aromatic heterocycles. The number of amides is 1. The Hall–Kier alpha value is -2.89. The van der Waals surface area contributed by atoms with Gasteiger partial charge >= 0.3 is 0 Å². The van der Waals surface area contributed by atoms with Crippen molar-refractivity contribution in [3.8, 4) is 11.7 Å². The van der Waals surface area contributed by atoms with Gasteiger partial charge in [-0.3, -0.25) is 4.79 Å². The van der Waals surface area contributed by atoms with Crippen LogP contribution in [0.15, 0.2) is 51.6 Å². The fourth-order valence-corrected chi connectivity index (χ4v) is 3.97. The molecule has 0 bridgehead atoms. The Morgan fingerprint density at radius 1 is 1.16 bits per heavy atom. The zero-order valence-electron chi connectivity index (χ0n) is 13.6. The molecule has 25 heavy (non-hydrogen) atoms. The van der Waals surface area contributed by atoms with Gasteiger partial charge in [0, 0.05) is 18.9 Å². The van der Waals surface area contributed by atoms with E-state index in [1.807, 2.05) is 11.0 Å². The molecule has 0 radical (unpaired) electrons. The average molecular weight is 335 g/mol. The number of hydrogen-bond acceptors (Lipinski definition) is 5. The van der Waals surface area contributed by atoms with Gasteiger partial charge in [0.25, 0.3) is 5.89 Å². The lowest BCUT2D eigenvalue weighted by atomic mass is 10.1. The van der Waals surface area contributed by atoms with Gasteiger partial charge in [0.1, 0.15) is 0 Å². The van der Waals surface area contributed by atoms with Gasteiger partial charge < -0.3 is 13.8 Å². The third-order valence-corrected chi connectivity index (χ3v) is 5.17. The Balaban J connectivity index is 1.38. The van der Waals surface area contributed by atoms with Crippen LogP contribution < -0.4 is 0 Å². The van der Waals surface area contributed by atoms with Gasteiger partial charge in [0.2, 0.25) is 5.91 Å². The van der Waals surface area contributed by atoms with Crippen molar-refractivity contribution in [2.24, 2.45) is 0 Å². The van der Waals surface area contributed by atoms with Crippen LogP contribution in [0.1, 0.15) is 41.8 Å². The number of hydrogen-bond donors (Lipinski definition) is 0. The highest BCUT2D eigenvalue weighted by molar-refractivity contribution is 5.80. The molecule has 3 aromatic rings. The van der Waals surface area contributed by atoms with Gasteiger partial charge in [0.05, 0.1) is 12.3 Å². The summed E-state index contributed by atoms with van der Waals surface area (Å²) in [4.78, 5) is 19.0. The summed E-state index contributed by atoms with van der Waals surface area (Å²) < 4.78 is 10.6. The van der Waals surface area contributed by atoms with E-state index in [0.29, 0.717) is 30.4 Å². The fraction of sp³-hybridized carbons (Fsp3) is 0.316. The topological polar surface area (TPSA) is 72.4 Å². The first-order valence-electron chi connectivity index (χ1n) is 8.54. The molecule has 1 amide bonds. The normalized spacial score (nSPS) is 22.6. The quantitative estimate of drug-likeness (QED) is 0.734. The zero-order valence-corrected chi connectivity index (χ0v) is 13.6. The van der Waals surface area contributed by atoms with Crippen molar-refractivity contribution in [1.82, 2.24) is 15.0 Å². The van der Waals surface area contributed by atoms with Gasteiger partial charge in [0.15, 0.2) is 11.6 Å². The van der Waals surface area contributed by atoms with Crippen LogP contribution in [0.4, 0.5) is 0 Å². The Morgan fingerprint density at radius 3 is 2.96 bits per heavy atom. The number of aromatic nitrogens is 2. The van der Waals surface area contributed by atoms with E-state index >= 15 is 0 Å². The highest BCUT2D eigenvalue weighted by Crippen LogP contribution is 2.40. The molecule has 1 fully saturated rings. The Kier molecular flexibility index (Phi) is 3.23. The number of fused-ring (bicyclic) bond motifs is 1. The Labute approximate surface area is 144 Å². The molecule has 2 aliphatic rings. The smallest absolute Gasteiger partial charge is 0.293 e. The maximum atomic E-state index is 12.6. The molecule has 1 aromatic carbocycles. The van der Waals surface area contributed by atoms with Crippen molar-refractivity contribution in [1.29, 1.82) is 0 Å². The van der Waals surface area contributed by atoms with Crippen LogP contribution >= 0.6 is 0 Å². The molecule has 6 nitrogen and oxygen atoms in total. The summed E-state index contributed by atoms with van der Waals surface area (Å²) in [7, 11) is 0. The number of rotatable bonds is 3. The maximum Gasteiger partial charge on any atom is 0.293 e. The number of benzene rings is 1. The monoisotopic (exact) mass is 335 g/mol. The second-order valence-electron chi connectivity index (χ2n) is 6.64. The predicted molar refractivity (Wildman–Crippen MR) is 88.6 cm³/mol. The Bertz CT molecular complexity index is 916. The van der Waals surface area contributed by atoms with E-state index in [-0.39, 0.29) is 17.9 Å². The molecule has 0 unspecified atom stereocenters. The lowest BCUT2D eigenvalue weighted by Gasteiger charge is -2.25. The zero-order chi connectivity index (χ0) is 16.8. The summed E-state index contributed by atoms with van der Waals surface area (Å²) >= 11 is 0. The van der Waals surface area contributed by atoms with Crippen LogP contribution in [0, 0.1) is 0 Å². The minimum absolute atomic E-state index is 0.0345. The molecule has 0 spiro atoms. The largest absolute Gasteiger partial charge is 0.459 e. The van der Waals surface area contributed by atoms with E-state index in [2.05, 4.69) is 28.3 Å². The van der Waals surface area contributed by atoms with Crippen LogP contribution in [0.2, 0.25) is 0 Å². The predicted octanol–water partition coefficient (Wildman–Crippen LogP) is 3.33. The molecule has 2 atom stereocenters. The molecule has 6 heteroatoms. The van der Waals surface area contributed by atoms with E-state index in [1.54, 1.807) is 18.4 Å². The molecule has 3 heterocycles. The maximum absolute atomic E-state index is 12.6. The van der Waals surface area contributed by atoms with Crippen LogP contribution in [-0.2, 0) is 11.2 Å². The molecule has 0 N–H and O–H groups in total. The molecule has 1 saturated heterocycles. The standard InChI is InChI=1S/C19H17N3O3/c23-17-10-13(18-20-19(25-21-18)16-6-3-9-24-16)11-22(17)15-8-7-12-4-1-2-5-14(12)15/h1-6,9,13,15H,7-8,10-11H2/t13-,15-/m0/s1. The van der Waals surface area contributed by atoms with Crippen molar-refractivity contribution in [2.75, 3.05) is 6.54 Å². The van der Waals surface area contributed by atoms with E-state index in [1.165, 1.54) is 11.1 Å². The van der Waals surface area contributed by atoms with Crippen LogP contribution in [-0.4, -0.2) is 27.5 Å². The molecule has 0 saturated carbocycles. The molecule has 1 aliphatic carbocycles. The van der Waals surface area contributed by atoms with Gasteiger partial charge in [-0.25, -0.2) is 0 Å². The third kappa shape index (κ3) is 2.36. The number of nitrogens with zero attached hydrogens (tertiary/aromatic N) is 3. The average Bonchev–Trinajstić information content (AvgIpc) is 3.40. The molecule has 126 valence electrons. The van der Waals surface area contributed by atoms with Gasteiger partial charge in [-0.05, 0) is 36.1 Å². The van der Waals surface area contributed by atoms with Crippen LogP contribution in [0.25, 0.3) is 11.7 Å². The SMILES string of the molecule is O=C1C[C@H](c2noc(-c3ccco3)n2)CN1[C@H]1CCc2ccccc21. The van der Waals surface area contributed by atoms with Crippen molar-refractivity contribution in [3.05, 3.63) is 59.6 Å². The minimum Gasteiger partial charge on any atom is -0.459 e. The van der Waals surface area contributed by atoms with Gasteiger partial charge in [-0.15, -0.1) is 0 Å². The van der Waals surface area contributed by atoms with E-state index in [4.69, 9.17) is 8.94 Å². The summed E-state index contributed by atoms with van der Waals surface area (Å²) in [6.45, 7) is 0.634. The summed E-state index contributed by atoms with van der Waals surface area (Å²) in [5.41, 5.74) is 2.63. The number of carbonyl (C=O) groups is 1. The first kappa shape index (κ1) is 14.5. The lowest BCUT2D eigenvalue weighted by Crippen LogP contribution is -2.28. The van der Waals surface area contributed by atoms with E-state index in [9.17, 15) is 4.79 Å². The van der Waals surface area contributed by atoms with Gasteiger partial charge in [-0.1, -0.05) is 29.4 Å². The summed E-state index contributed by atoms with van der Waals surface area (Å²) in [6.07, 6.45) is 4.01. The number of carbonyl (C=O) groups excluding carboxylic acids is 1. The summed E-state index contributed by atoms with van der Waals surface area (Å²) in [5.74, 6) is 1.61. The fourth-order valence-electron chi connectivity index (χ4n) is 3.97. The van der Waals surface area contributed by atoms with E-state index < -0.39 is 0 Å². The molecular weight excluding hydrogens is 318 g/mol. The minimum atomic E-state index is -0.0345. The van der Waals surface area contributed by atoms with Crippen LogP contribution in [0.5, 0.6) is 0 Å². The van der Waals surface area contributed by atoms with Gasteiger partial charge in [-0.2, -0.15) is 4.98 Å². The molecule has 5 rings (SSSR count). The summed E-state index contributed by atoms with van der Waals surface area (Å²) in [5, 5.41) is 4.07. The highest BCUT2D eigenvalue weighted by atomic mass is 16.5. The number of aryl methyl sites for hydroxylation is 1. The second-order valence-corrected chi connectivity index (χ2v) is 6.64. The van der Waals surface area contributed by atoms with E-state index in [0.717, 1.165) is 12.8 Å². The number of likely N-dealkylation sites (tertiary alicyclic amines) is 1. The first-order chi connectivity index (χ1) is 12.3. The lowest BCUT2D eigenvalue weighted by molar-refractivity contribution is -0.129. The first-order valence-corrected chi connectivity index (χ1v) is 8.54. The van der Waals surface area contributed by atoms with Crippen molar-refractivity contribution in [2.45, 2.75) is 31.2 Å². The Morgan fingerprint density at radius 2 is 2.08 bits per heavy atom.